The summed E-state index contributed by atoms with van der Waals surface area (Å²) in [5.74, 6) is -0.147. The number of rotatable bonds is 3. The maximum absolute atomic E-state index is 11.7. The standard InChI is InChI=1S/C12H11N5O/c18-12(9-4-2-5-13-9)15-7-10-8-3-1-6-14-11(8)17-16-10/h1-6,13H,7H2,(H,15,18)(H,14,16,17). The van der Waals surface area contributed by atoms with E-state index in [4.69, 9.17) is 0 Å². The number of H-pyrrole nitrogens is 2. The smallest absolute Gasteiger partial charge is 0.268 e. The highest BCUT2D eigenvalue weighted by atomic mass is 16.1. The Morgan fingerprint density at radius 3 is 3.11 bits per heavy atom. The second kappa shape index (κ2) is 4.33. The maximum atomic E-state index is 11.7. The Balaban J connectivity index is 1.76. The lowest BCUT2D eigenvalue weighted by Crippen LogP contribution is -2.23. The van der Waals surface area contributed by atoms with E-state index in [0.29, 0.717) is 17.9 Å². The summed E-state index contributed by atoms with van der Waals surface area (Å²) >= 11 is 0. The Kier molecular flexibility index (Phi) is 2.53. The van der Waals surface area contributed by atoms with Crippen molar-refractivity contribution in [2.45, 2.75) is 6.54 Å². The van der Waals surface area contributed by atoms with E-state index < -0.39 is 0 Å². The first kappa shape index (κ1) is 10.5. The quantitative estimate of drug-likeness (QED) is 0.644. The largest absolute Gasteiger partial charge is 0.357 e. The normalized spacial score (nSPS) is 10.7. The lowest BCUT2D eigenvalue weighted by atomic mass is 10.2. The summed E-state index contributed by atoms with van der Waals surface area (Å²) in [6, 6.07) is 7.27. The van der Waals surface area contributed by atoms with Gasteiger partial charge in [-0.3, -0.25) is 9.89 Å². The Morgan fingerprint density at radius 1 is 1.33 bits per heavy atom. The van der Waals surface area contributed by atoms with Crippen LogP contribution in [0.25, 0.3) is 11.0 Å². The van der Waals surface area contributed by atoms with E-state index in [2.05, 4.69) is 25.5 Å². The summed E-state index contributed by atoms with van der Waals surface area (Å²) in [5, 5.41) is 10.7. The predicted octanol–water partition coefficient (Wildman–Crippen LogP) is 1.22. The van der Waals surface area contributed by atoms with E-state index in [0.717, 1.165) is 11.1 Å². The van der Waals surface area contributed by atoms with E-state index in [-0.39, 0.29) is 5.91 Å². The molecule has 0 fully saturated rings. The van der Waals surface area contributed by atoms with Crippen molar-refractivity contribution in [2.75, 3.05) is 0 Å². The van der Waals surface area contributed by atoms with Crippen LogP contribution in [0.3, 0.4) is 0 Å². The number of carbonyl (C=O) groups is 1. The van der Waals surface area contributed by atoms with Crippen molar-refractivity contribution in [2.24, 2.45) is 0 Å². The summed E-state index contributed by atoms with van der Waals surface area (Å²) in [6.45, 7) is 0.389. The molecule has 3 heterocycles. The van der Waals surface area contributed by atoms with Gasteiger partial charge in [0.1, 0.15) is 5.69 Å². The van der Waals surface area contributed by atoms with Crippen molar-refractivity contribution in [3.63, 3.8) is 0 Å². The summed E-state index contributed by atoms with van der Waals surface area (Å²) in [4.78, 5) is 18.7. The number of nitrogens with one attached hydrogen (secondary N) is 3. The third-order valence-corrected chi connectivity index (χ3v) is 2.68. The third kappa shape index (κ3) is 1.84. The highest BCUT2D eigenvalue weighted by molar-refractivity contribution is 5.92. The fourth-order valence-corrected chi connectivity index (χ4v) is 1.77. The molecule has 0 spiro atoms. The molecule has 3 aromatic rings. The van der Waals surface area contributed by atoms with Crippen LogP contribution in [0.4, 0.5) is 0 Å². The number of pyridine rings is 1. The Hall–Kier alpha value is -2.63. The summed E-state index contributed by atoms with van der Waals surface area (Å²) < 4.78 is 0. The summed E-state index contributed by atoms with van der Waals surface area (Å²) in [7, 11) is 0. The lowest BCUT2D eigenvalue weighted by molar-refractivity contribution is 0.0946. The van der Waals surface area contributed by atoms with Gasteiger partial charge < -0.3 is 10.3 Å². The Labute approximate surface area is 102 Å². The second-order valence-corrected chi connectivity index (χ2v) is 3.84. The van der Waals surface area contributed by atoms with Crippen LogP contribution in [-0.4, -0.2) is 26.1 Å². The summed E-state index contributed by atoms with van der Waals surface area (Å²) in [5.41, 5.74) is 2.04. The van der Waals surface area contributed by atoms with E-state index >= 15 is 0 Å². The van der Waals surface area contributed by atoms with Gasteiger partial charge in [-0.05, 0) is 24.3 Å². The van der Waals surface area contributed by atoms with Crippen LogP contribution >= 0.6 is 0 Å². The van der Waals surface area contributed by atoms with Crippen LogP contribution in [0.15, 0.2) is 36.7 Å². The molecule has 18 heavy (non-hydrogen) atoms. The van der Waals surface area contributed by atoms with Gasteiger partial charge in [-0.1, -0.05) is 0 Å². The van der Waals surface area contributed by atoms with Gasteiger partial charge in [-0.25, -0.2) is 4.98 Å². The molecule has 0 aromatic carbocycles. The average Bonchev–Trinajstić information content (AvgIpc) is 3.06. The molecular formula is C12H11N5O. The number of amides is 1. The SMILES string of the molecule is O=C(NCc1[nH]nc2ncccc12)c1ccc[nH]1. The molecule has 0 unspecified atom stereocenters. The molecule has 0 radical (unpaired) electrons. The van der Waals surface area contributed by atoms with Crippen molar-refractivity contribution in [3.8, 4) is 0 Å². The van der Waals surface area contributed by atoms with Gasteiger partial charge in [0.25, 0.3) is 5.91 Å². The van der Waals surface area contributed by atoms with Crippen molar-refractivity contribution in [1.82, 2.24) is 25.5 Å². The Bertz CT molecular complexity index is 671. The Morgan fingerprint density at radius 2 is 2.28 bits per heavy atom. The van der Waals surface area contributed by atoms with Gasteiger partial charge in [0.05, 0.1) is 12.2 Å². The highest BCUT2D eigenvalue weighted by Gasteiger charge is 2.09. The molecule has 90 valence electrons. The van der Waals surface area contributed by atoms with E-state index in [1.807, 2.05) is 12.1 Å². The molecule has 0 bridgehead atoms. The minimum Gasteiger partial charge on any atom is -0.357 e. The monoisotopic (exact) mass is 241 g/mol. The highest BCUT2D eigenvalue weighted by Crippen LogP contribution is 2.12. The fraction of sp³-hybridized carbons (Fsp3) is 0.0833. The van der Waals surface area contributed by atoms with Crippen molar-refractivity contribution in [1.29, 1.82) is 0 Å². The molecule has 6 heteroatoms. The van der Waals surface area contributed by atoms with Gasteiger partial charge in [0, 0.05) is 17.8 Å². The number of aromatic amines is 2. The number of hydrogen-bond donors (Lipinski definition) is 3. The minimum absolute atomic E-state index is 0.147. The van der Waals surface area contributed by atoms with Gasteiger partial charge in [0.2, 0.25) is 0 Å². The molecule has 1 amide bonds. The maximum Gasteiger partial charge on any atom is 0.268 e. The average molecular weight is 241 g/mol. The number of carbonyl (C=O) groups excluding carboxylic acids is 1. The fourth-order valence-electron chi connectivity index (χ4n) is 1.77. The van der Waals surface area contributed by atoms with Crippen LogP contribution in [0.5, 0.6) is 0 Å². The van der Waals surface area contributed by atoms with Crippen molar-refractivity contribution < 1.29 is 4.79 Å². The molecule has 6 nitrogen and oxygen atoms in total. The molecular weight excluding hydrogens is 230 g/mol. The molecule has 0 aliphatic heterocycles. The zero-order chi connectivity index (χ0) is 12.4. The first-order chi connectivity index (χ1) is 8.84. The molecule has 0 aliphatic carbocycles. The minimum atomic E-state index is -0.147. The van der Waals surface area contributed by atoms with Crippen LogP contribution in [0.2, 0.25) is 0 Å². The second-order valence-electron chi connectivity index (χ2n) is 3.84. The first-order valence-corrected chi connectivity index (χ1v) is 5.54. The van der Waals surface area contributed by atoms with Crippen molar-refractivity contribution >= 4 is 16.9 Å². The van der Waals surface area contributed by atoms with Crippen LogP contribution in [0.1, 0.15) is 16.2 Å². The lowest BCUT2D eigenvalue weighted by Gasteiger charge is -2.01. The van der Waals surface area contributed by atoms with E-state index in [9.17, 15) is 4.79 Å². The van der Waals surface area contributed by atoms with Gasteiger partial charge in [-0.2, -0.15) is 5.10 Å². The number of aromatic nitrogens is 4. The topological polar surface area (TPSA) is 86.5 Å². The zero-order valence-electron chi connectivity index (χ0n) is 9.47. The van der Waals surface area contributed by atoms with Crippen LogP contribution in [0, 0.1) is 0 Å². The zero-order valence-corrected chi connectivity index (χ0v) is 9.47. The number of nitrogens with zero attached hydrogens (tertiary/aromatic N) is 2. The third-order valence-electron chi connectivity index (χ3n) is 2.68. The molecule has 3 rings (SSSR count). The summed E-state index contributed by atoms with van der Waals surface area (Å²) in [6.07, 6.45) is 3.40. The molecule has 0 saturated carbocycles. The molecule has 0 aliphatic rings. The molecule has 3 N–H and O–H groups in total. The molecule has 3 aromatic heterocycles. The van der Waals surface area contributed by atoms with E-state index in [1.54, 1.807) is 24.5 Å². The van der Waals surface area contributed by atoms with Crippen LogP contribution in [-0.2, 0) is 6.54 Å². The number of hydrogen-bond acceptors (Lipinski definition) is 3. The van der Waals surface area contributed by atoms with Gasteiger partial charge >= 0.3 is 0 Å². The number of fused-ring (bicyclic) bond motifs is 1. The molecule has 0 atom stereocenters. The van der Waals surface area contributed by atoms with Crippen LogP contribution < -0.4 is 5.32 Å². The van der Waals surface area contributed by atoms with Crippen molar-refractivity contribution in [3.05, 3.63) is 48.0 Å². The predicted molar refractivity (Wildman–Crippen MR) is 65.9 cm³/mol. The molecule has 0 saturated heterocycles. The van der Waals surface area contributed by atoms with Gasteiger partial charge in [-0.15, -0.1) is 0 Å². The van der Waals surface area contributed by atoms with E-state index in [1.165, 1.54) is 0 Å². The van der Waals surface area contributed by atoms with Gasteiger partial charge in [0.15, 0.2) is 5.65 Å². The first-order valence-electron chi connectivity index (χ1n) is 5.54.